The van der Waals surface area contributed by atoms with Crippen molar-refractivity contribution in [3.8, 4) is 22.8 Å². The lowest BCUT2D eigenvalue weighted by Gasteiger charge is -2.23. The zero-order valence-electron chi connectivity index (χ0n) is 15.7. The molecule has 3 aromatic heterocycles. The fourth-order valence-electron chi connectivity index (χ4n) is 3.75. The Hall–Kier alpha value is -3.26. The Labute approximate surface area is 172 Å². The molecule has 4 heterocycles. The first-order valence-corrected chi connectivity index (χ1v) is 9.73. The van der Waals surface area contributed by atoms with Crippen LogP contribution in [0.4, 0.5) is 5.95 Å². The van der Waals surface area contributed by atoms with Crippen molar-refractivity contribution < 1.29 is 4.52 Å². The molecule has 0 aliphatic carbocycles. The van der Waals surface area contributed by atoms with Gasteiger partial charge < -0.3 is 9.42 Å². The highest BCUT2D eigenvalue weighted by atomic mass is 35.5. The molecule has 1 fully saturated rings. The van der Waals surface area contributed by atoms with Crippen LogP contribution in [0.25, 0.3) is 22.8 Å². The summed E-state index contributed by atoms with van der Waals surface area (Å²) in [6.07, 6.45) is 6.98. The maximum atomic E-state index is 6.10. The normalized spacial score (nSPS) is 16.5. The summed E-state index contributed by atoms with van der Waals surface area (Å²) in [6, 6.07) is 9.62. The molecule has 0 saturated carbocycles. The largest absolute Gasteiger partial charge is 0.356 e. The number of anilines is 1. The van der Waals surface area contributed by atoms with Crippen molar-refractivity contribution in [2.24, 2.45) is 7.05 Å². The quantitative estimate of drug-likeness (QED) is 0.506. The molecule has 9 heteroatoms. The second kappa shape index (κ2) is 7.29. The van der Waals surface area contributed by atoms with Gasteiger partial charge in [0.2, 0.25) is 5.95 Å². The third-order valence-corrected chi connectivity index (χ3v) is 5.37. The van der Waals surface area contributed by atoms with E-state index in [4.69, 9.17) is 16.1 Å². The van der Waals surface area contributed by atoms with Gasteiger partial charge in [-0.25, -0.2) is 4.98 Å². The SMILES string of the molecule is Cn1c(-c2cnccn2)nnc1N1CCC[C@@H]1c1cc(-c2cccc(Cl)c2)on1. The molecule has 1 saturated heterocycles. The smallest absolute Gasteiger partial charge is 0.227 e. The van der Waals surface area contributed by atoms with Crippen LogP contribution in [0.3, 0.4) is 0 Å². The zero-order chi connectivity index (χ0) is 19.8. The molecule has 4 aromatic rings. The van der Waals surface area contributed by atoms with Gasteiger partial charge in [0.25, 0.3) is 0 Å². The van der Waals surface area contributed by atoms with Crippen LogP contribution in [-0.4, -0.2) is 36.4 Å². The van der Waals surface area contributed by atoms with E-state index in [1.165, 1.54) is 0 Å². The van der Waals surface area contributed by atoms with Crippen LogP contribution in [0.15, 0.2) is 53.4 Å². The van der Waals surface area contributed by atoms with Crippen LogP contribution in [0.2, 0.25) is 5.02 Å². The van der Waals surface area contributed by atoms with Crippen molar-refractivity contribution >= 4 is 17.5 Å². The predicted octanol–water partition coefficient (Wildman–Crippen LogP) is 3.92. The van der Waals surface area contributed by atoms with Crippen molar-refractivity contribution in [2.75, 3.05) is 11.4 Å². The average molecular weight is 408 g/mol. The van der Waals surface area contributed by atoms with E-state index in [0.29, 0.717) is 22.3 Å². The summed E-state index contributed by atoms with van der Waals surface area (Å²) in [5.74, 6) is 2.16. The van der Waals surface area contributed by atoms with E-state index < -0.39 is 0 Å². The van der Waals surface area contributed by atoms with Gasteiger partial charge in [-0.15, -0.1) is 10.2 Å². The maximum absolute atomic E-state index is 6.10. The second-order valence-electron chi connectivity index (χ2n) is 6.95. The lowest BCUT2D eigenvalue weighted by Crippen LogP contribution is -2.25. The van der Waals surface area contributed by atoms with E-state index in [9.17, 15) is 0 Å². The first-order valence-electron chi connectivity index (χ1n) is 9.35. The third-order valence-electron chi connectivity index (χ3n) is 5.13. The Kier molecular flexibility index (Phi) is 4.48. The fraction of sp³-hybridized carbons (Fsp3) is 0.250. The first-order chi connectivity index (χ1) is 14.2. The number of nitrogens with zero attached hydrogens (tertiary/aromatic N) is 7. The van der Waals surface area contributed by atoms with Crippen molar-refractivity contribution in [3.05, 3.63) is 59.6 Å². The molecule has 0 spiro atoms. The Morgan fingerprint density at radius 2 is 2.10 bits per heavy atom. The van der Waals surface area contributed by atoms with Crippen molar-refractivity contribution in [1.29, 1.82) is 0 Å². The topological polar surface area (TPSA) is 85.8 Å². The van der Waals surface area contributed by atoms with Gasteiger partial charge in [0.1, 0.15) is 11.4 Å². The molecule has 8 nitrogen and oxygen atoms in total. The summed E-state index contributed by atoms with van der Waals surface area (Å²) in [5.41, 5.74) is 2.47. The Morgan fingerprint density at radius 1 is 1.17 bits per heavy atom. The Bertz CT molecular complexity index is 1140. The van der Waals surface area contributed by atoms with Crippen LogP contribution >= 0.6 is 11.6 Å². The molecule has 5 rings (SSSR count). The number of rotatable bonds is 4. The van der Waals surface area contributed by atoms with Crippen LogP contribution in [0.5, 0.6) is 0 Å². The third kappa shape index (κ3) is 3.25. The van der Waals surface area contributed by atoms with E-state index in [0.717, 1.165) is 36.6 Å². The molecule has 29 heavy (non-hydrogen) atoms. The number of aromatic nitrogens is 6. The predicted molar refractivity (Wildman–Crippen MR) is 108 cm³/mol. The van der Waals surface area contributed by atoms with Gasteiger partial charge in [0.05, 0.1) is 12.2 Å². The monoisotopic (exact) mass is 407 g/mol. The van der Waals surface area contributed by atoms with Crippen molar-refractivity contribution in [3.63, 3.8) is 0 Å². The highest BCUT2D eigenvalue weighted by Gasteiger charge is 2.32. The zero-order valence-corrected chi connectivity index (χ0v) is 16.5. The highest BCUT2D eigenvalue weighted by molar-refractivity contribution is 6.30. The average Bonchev–Trinajstić information content (AvgIpc) is 3.47. The van der Waals surface area contributed by atoms with Crippen molar-refractivity contribution in [2.45, 2.75) is 18.9 Å². The van der Waals surface area contributed by atoms with Gasteiger partial charge in [0, 0.05) is 42.6 Å². The molecule has 146 valence electrons. The minimum Gasteiger partial charge on any atom is -0.356 e. The van der Waals surface area contributed by atoms with E-state index in [-0.39, 0.29) is 6.04 Å². The highest BCUT2D eigenvalue weighted by Crippen LogP contribution is 2.37. The van der Waals surface area contributed by atoms with Gasteiger partial charge in [0.15, 0.2) is 11.6 Å². The number of hydrogen-bond acceptors (Lipinski definition) is 7. The molecular weight excluding hydrogens is 390 g/mol. The summed E-state index contributed by atoms with van der Waals surface area (Å²) in [5, 5.41) is 13.8. The van der Waals surface area contributed by atoms with Crippen LogP contribution in [0.1, 0.15) is 24.6 Å². The fourth-order valence-corrected chi connectivity index (χ4v) is 3.94. The summed E-state index contributed by atoms with van der Waals surface area (Å²) < 4.78 is 7.56. The Balaban J connectivity index is 1.45. The molecule has 0 unspecified atom stereocenters. The molecule has 1 aromatic carbocycles. The second-order valence-corrected chi connectivity index (χ2v) is 7.39. The van der Waals surface area contributed by atoms with Crippen LogP contribution < -0.4 is 4.90 Å². The summed E-state index contributed by atoms with van der Waals surface area (Å²) in [7, 11) is 1.94. The van der Waals surface area contributed by atoms with E-state index in [2.05, 4.69) is 30.2 Å². The van der Waals surface area contributed by atoms with Crippen LogP contribution in [0, 0.1) is 0 Å². The Morgan fingerprint density at radius 3 is 2.93 bits per heavy atom. The lowest BCUT2D eigenvalue weighted by atomic mass is 10.1. The summed E-state index contributed by atoms with van der Waals surface area (Å²) in [4.78, 5) is 10.7. The molecule has 1 aliphatic rings. The van der Waals surface area contributed by atoms with Gasteiger partial charge in [-0.3, -0.25) is 9.55 Å². The number of benzene rings is 1. The number of hydrogen-bond donors (Lipinski definition) is 0. The maximum Gasteiger partial charge on any atom is 0.227 e. The van der Waals surface area contributed by atoms with E-state index in [1.807, 2.05) is 41.9 Å². The molecule has 0 bridgehead atoms. The van der Waals surface area contributed by atoms with E-state index in [1.54, 1.807) is 18.6 Å². The molecule has 1 aliphatic heterocycles. The van der Waals surface area contributed by atoms with Gasteiger partial charge in [-0.05, 0) is 25.0 Å². The van der Waals surface area contributed by atoms with Crippen LogP contribution in [-0.2, 0) is 7.05 Å². The summed E-state index contributed by atoms with van der Waals surface area (Å²) in [6.45, 7) is 0.871. The minimum atomic E-state index is 0.0734. The molecular formula is C20H18ClN7O. The summed E-state index contributed by atoms with van der Waals surface area (Å²) >= 11 is 6.10. The van der Waals surface area contributed by atoms with E-state index >= 15 is 0 Å². The van der Waals surface area contributed by atoms with Crippen molar-refractivity contribution in [1.82, 2.24) is 29.9 Å². The standard InChI is InChI=1S/C20H18ClN7O/c1-27-19(16-12-22-7-8-23-16)24-25-20(27)28-9-3-6-17(28)15-11-18(29-26-15)13-4-2-5-14(21)10-13/h2,4-5,7-8,10-12,17H,3,6,9H2,1H3/t17-/m1/s1. The number of halogens is 1. The molecule has 1 atom stereocenters. The molecule has 0 N–H and O–H groups in total. The minimum absolute atomic E-state index is 0.0734. The molecule has 0 amide bonds. The molecule has 0 radical (unpaired) electrons. The van der Waals surface area contributed by atoms with Gasteiger partial charge >= 0.3 is 0 Å². The first kappa shape index (κ1) is 17.8. The van der Waals surface area contributed by atoms with Gasteiger partial charge in [-0.2, -0.15) is 0 Å². The van der Waals surface area contributed by atoms with Gasteiger partial charge in [-0.1, -0.05) is 28.9 Å². The lowest BCUT2D eigenvalue weighted by molar-refractivity contribution is 0.416.